The van der Waals surface area contributed by atoms with Crippen LogP contribution in [0.4, 0.5) is 0 Å². The van der Waals surface area contributed by atoms with Crippen molar-refractivity contribution in [3.05, 3.63) is 82.4 Å². The number of carbonyl (C=O) groups is 3. The lowest BCUT2D eigenvalue weighted by atomic mass is 9.85. The molecule has 2 aliphatic rings. The van der Waals surface area contributed by atoms with Crippen LogP contribution in [0.2, 0.25) is 0 Å². The molecular formula is C26H24N2O3. The summed E-state index contributed by atoms with van der Waals surface area (Å²) >= 11 is 0. The first-order chi connectivity index (χ1) is 14.9. The number of hydrogen-bond donors (Lipinski definition) is 0. The maximum atomic E-state index is 13.5. The molecule has 5 nitrogen and oxygen atoms in total. The van der Waals surface area contributed by atoms with Crippen LogP contribution in [-0.2, 0) is 6.54 Å². The number of rotatable bonds is 4. The summed E-state index contributed by atoms with van der Waals surface area (Å²) in [5.74, 6) is -0.658. The van der Waals surface area contributed by atoms with E-state index in [1.165, 1.54) is 4.90 Å². The first kappa shape index (κ1) is 19.5. The Hall–Kier alpha value is -3.47. The zero-order valence-corrected chi connectivity index (χ0v) is 17.9. The Morgan fingerprint density at radius 3 is 1.97 bits per heavy atom. The third kappa shape index (κ3) is 2.73. The largest absolute Gasteiger partial charge is 0.332 e. The molecule has 0 aromatic heterocycles. The van der Waals surface area contributed by atoms with Crippen molar-refractivity contribution in [2.45, 2.75) is 45.8 Å². The van der Waals surface area contributed by atoms with Crippen LogP contribution in [0.5, 0.6) is 0 Å². The van der Waals surface area contributed by atoms with Gasteiger partial charge in [-0.1, -0.05) is 43.3 Å². The van der Waals surface area contributed by atoms with Crippen LogP contribution in [0.25, 0.3) is 10.8 Å². The van der Waals surface area contributed by atoms with Gasteiger partial charge in [0.15, 0.2) is 0 Å². The minimum atomic E-state index is -0.390. The van der Waals surface area contributed by atoms with Crippen molar-refractivity contribution in [2.75, 3.05) is 0 Å². The Kier molecular flexibility index (Phi) is 4.43. The first-order valence-electron chi connectivity index (χ1n) is 10.8. The summed E-state index contributed by atoms with van der Waals surface area (Å²) in [7, 11) is 0. The van der Waals surface area contributed by atoms with Crippen LogP contribution in [0.3, 0.4) is 0 Å². The van der Waals surface area contributed by atoms with Gasteiger partial charge in [0.2, 0.25) is 0 Å². The van der Waals surface area contributed by atoms with Gasteiger partial charge in [0, 0.05) is 40.0 Å². The molecule has 0 saturated heterocycles. The number of nitrogens with zero attached hydrogens (tertiary/aromatic N) is 2. The molecule has 31 heavy (non-hydrogen) atoms. The van der Waals surface area contributed by atoms with Gasteiger partial charge in [-0.3, -0.25) is 19.3 Å². The van der Waals surface area contributed by atoms with Gasteiger partial charge < -0.3 is 4.90 Å². The van der Waals surface area contributed by atoms with Crippen molar-refractivity contribution < 1.29 is 14.4 Å². The quantitative estimate of drug-likeness (QED) is 0.570. The number of hydrogen-bond acceptors (Lipinski definition) is 3. The van der Waals surface area contributed by atoms with Crippen LogP contribution in [0.15, 0.2) is 54.6 Å². The van der Waals surface area contributed by atoms with Crippen molar-refractivity contribution in [3.8, 4) is 0 Å². The molecular weight excluding hydrogens is 388 g/mol. The highest BCUT2D eigenvalue weighted by Crippen LogP contribution is 2.40. The van der Waals surface area contributed by atoms with Crippen LogP contribution < -0.4 is 0 Å². The third-order valence-electron chi connectivity index (χ3n) is 6.77. The summed E-state index contributed by atoms with van der Waals surface area (Å²) in [6, 6.07) is 16.5. The highest BCUT2D eigenvalue weighted by Gasteiger charge is 2.39. The molecule has 3 amide bonds. The topological polar surface area (TPSA) is 57.7 Å². The number of amides is 3. The molecule has 0 spiro atoms. The van der Waals surface area contributed by atoms with E-state index in [0.29, 0.717) is 28.6 Å². The lowest BCUT2D eigenvalue weighted by molar-refractivity contribution is 0.0547. The molecule has 0 fully saturated rings. The van der Waals surface area contributed by atoms with Crippen LogP contribution in [0.1, 0.15) is 75.4 Å². The molecule has 0 bridgehead atoms. The fraction of sp³-hybridized carbons (Fsp3) is 0.269. The molecule has 0 saturated carbocycles. The predicted molar refractivity (Wildman–Crippen MR) is 119 cm³/mol. The summed E-state index contributed by atoms with van der Waals surface area (Å²) in [5.41, 5.74) is 3.44. The van der Waals surface area contributed by atoms with Crippen molar-refractivity contribution in [2.24, 2.45) is 0 Å². The van der Waals surface area contributed by atoms with Gasteiger partial charge in [-0.15, -0.1) is 0 Å². The van der Waals surface area contributed by atoms with Gasteiger partial charge in [-0.25, -0.2) is 0 Å². The molecule has 2 unspecified atom stereocenters. The maximum absolute atomic E-state index is 13.5. The standard InChI is InChI=1S/C26H24N2O3/c1-4-15(2)27-14-18-10-11-20-23-21(13-12-19(22(18)23)24(27)29)26(31)28(25(20)30)16(3)17-8-6-5-7-9-17/h5-13,15-16H,4,14H2,1-3H3. The second kappa shape index (κ2) is 7.05. The Labute approximate surface area is 181 Å². The number of carbonyl (C=O) groups excluding carboxylic acids is 3. The summed E-state index contributed by atoms with van der Waals surface area (Å²) in [5, 5.41) is 1.38. The normalized spacial score (nSPS) is 17.3. The third-order valence-corrected chi connectivity index (χ3v) is 6.77. The molecule has 2 atom stereocenters. The molecule has 3 aromatic carbocycles. The fourth-order valence-electron chi connectivity index (χ4n) is 4.80. The second-order valence-electron chi connectivity index (χ2n) is 8.44. The number of imide groups is 1. The van der Waals surface area contributed by atoms with Crippen LogP contribution >= 0.6 is 0 Å². The van der Waals surface area contributed by atoms with E-state index in [9.17, 15) is 14.4 Å². The van der Waals surface area contributed by atoms with Gasteiger partial charge in [0.25, 0.3) is 17.7 Å². The average molecular weight is 412 g/mol. The SMILES string of the molecule is CCC(C)N1Cc2ccc3c4c(ccc(c24)C1=O)C(=O)N(C(C)c1ccccc1)C3=O. The van der Waals surface area contributed by atoms with E-state index in [-0.39, 0.29) is 29.8 Å². The highest BCUT2D eigenvalue weighted by molar-refractivity contribution is 6.28. The minimum Gasteiger partial charge on any atom is -0.332 e. The Morgan fingerprint density at radius 1 is 0.774 bits per heavy atom. The predicted octanol–water partition coefficient (Wildman–Crippen LogP) is 4.95. The lowest BCUT2D eigenvalue weighted by Crippen LogP contribution is -2.43. The highest BCUT2D eigenvalue weighted by atomic mass is 16.2. The smallest absolute Gasteiger partial charge is 0.261 e. The summed E-state index contributed by atoms with van der Waals surface area (Å²) in [6.07, 6.45) is 0.865. The second-order valence-corrected chi connectivity index (χ2v) is 8.44. The van der Waals surface area contributed by atoms with E-state index in [2.05, 4.69) is 6.92 Å². The van der Waals surface area contributed by atoms with Crippen molar-refractivity contribution in [1.29, 1.82) is 0 Å². The molecule has 0 radical (unpaired) electrons. The van der Waals surface area contributed by atoms with E-state index in [1.54, 1.807) is 12.1 Å². The van der Waals surface area contributed by atoms with E-state index >= 15 is 0 Å². The van der Waals surface area contributed by atoms with E-state index in [0.717, 1.165) is 22.9 Å². The monoisotopic (exact) mass is 412 g/mol. The summed E-state index contributed by atoms with van der Waals surface area (Å²) < 4.78 is 0. The molecule has 0 aliphatic carbocycles. The average Bonchev–Trinajstić information content (AvgIpc) is 2.80. The molecule has 5 heteroatoms. The van der Waals surface area contributed by atoms with E-state index in [1.807, 2.05) is 61.2 Å². The Morgan fingerprint density at radius 2 is 1.35 bits per heavy atom. The zero-order chi connectivity index (χ0) is 21.9. The molecule has 156 valence electrons. The summed E-state index contributed by atoms with van der Waals surface area (Å²) in [4.78, 5) is 43.3. The molecule has 0 N–H and O–H groups in total. The fourth-order valence-corrected chi connectivity index (χ4v) is 4.80. The summed E-state index contributed by atoms with van der Waals surface area (Å²) in [6.45, 7) is 6.47. The van der Waals surface area contributed by atoms with Gasteiger partial charge in [-0.05, 0) is 49.6 Å². The van der Waals surface area contributed by atoms with Crippen LogP contribution in [0, 0.1) is 0 Å². The van der Waals surface area contributed by atoms with Crippen molar-refractivity contribution in [3.63, 3.8) is 0 Å². The molecule has 2 heterocycles. The van der Waals surface area contributed by atoms with Crippen molar-refractivity contribution >= 4 is 28.5 Å². The zero-order valence-electron chi connectivity index (χ0n) is 17.9. The number of benzene rings is 3. The van der Waals surface area contributed by atoms with Gasteiger partial charge in [0.1, 0.15) is 0 Å². The van der Waals surface area contributed by atoms with Crippen molar-refractivity contribution in [1.82, 2.24) is 9.80 Å². The molecule has 5 rings (SSSR count). The van der Waals surface area contributed by atoms with Crippen LogP contribution in [-0.4, -0.2) is 33.6 Å². The molecule has 3 aromatic rings. The lowest BCUT2D eigenvalue weighted by Gasteiger charge is -2.36. The van der Waals surface area contributed by atoms with Gasteiger partial charge in [0.05, 0.1) is 6.04 Å². The van der Waals surface area contributed by atoms with Gasteiger partial charge >= 0.3 is 0 Å². The minimum absolute atomic E-state index is 0.0365. The van der Waals surface area contributed by atoms with E-state index in [4.69, 9.17) is 0 Å². The van der Waals surface area contributed by atoms with Gasteiger partial charge in [-0.2, -0.15) is 0 Å². The molecule has 2 aliphatic heterocycles. The Balaban J connectivity index is 1.67. The van der Waals surface area contributed by atoms with E-state index < -0.39 is 0 Å². The maximum Gasteiger partial charge on any atom is 0.261 e. The Bertz CT molecular complexity index is 1230. The first-order valence-corrected chi connectivity index (χ1v) is 10.8.